The van der Waals surface area contributed by atoms with Crippen molar-refractivity contribution in [3.8, 4) is 11.8 Å². The van der Waals surface area contributed by atoms with Gasteiger partial charge in [0.25, 0.3) is 0 Å². The molecular weight excluding hydrogens is 284 g/mol. The Labute approximate surface area is 127 Å². The SMILES string of the molecule is CCC1(NS(=O)(=O)c2cc(C#CCN)ccc2C)CCC1. The number of hydrogen-bond acceptors (Lipinski definition) is 3. The minimum atomic E-state index is -3.52. The van der Waals surface area contributed by atoms with Crippen LogP contribution in [0.1, 0.15) is 43.7 Å². The molecule has 0 amide bonds. The van der Waals surface area contributed by atoms with Gasteiger partial charge in [-0.3, -0.25) is 0 Å². The first-order chi connectivity index (χ1) is 9.92. The van der Waals surface area contributed by atoms with Crippen LogP contribution in [0.15, 0.2) is 23.1 Å². The molecule has 2 rings (SSSR count). The van der Waals surface area contributed by atoms with Crippen LogP contribution in [0.4, 0.5) is 0 Å². The molecule has 0 bridgehead atoms. The summed E-state index contributed by atoms with van der Waals surface area (Å²) >= 11 is 0. The van der Waals surface area contributed by atoms with Crippen LogP contribution in [-0.2, 0) is 10.0 Å². The summed E-state index contributed by atoms with van der Waals surface area (Å²) in [6.07, 6.45) is 3.72. The lowest BCUT2D eigenvalue weighted by atomic mass is 9.76. The minimum Gasteiger partial charge on any atom is -0.320 e. The molecule has 4 nitrogen and oxygen atoms in total. The van der Waals surface area contributed by atoms with Crippen LogP contribution in [0.2, 0.25) is 0 Å². The fourth-order valence-corrected chi connectivity index (χ4v) is 4.39. The highest BCUT2D eigenvalue weighted by atomic mass is 32.2. The zero-order valence-electron chi connectivity index (χ0n) is 12.6. The molecule has 0 aliphatic heterocycles. The summed E-state index contributed by atoms with van der Waals surface area (Å²) in [5.74, 6) is 5.63. The second kappa shape index (κ2) is 6.18. The molecule has 1 saturated carbocycles. The number of benzene rings is 1. The molecule has 1 fully saturated rings. The van der Waals surface area contributed by atoms with Crippen molar-refractivity contribution in [1.82, 2.24) is 4.72 Å². The summed E-state index contributed by atoms with van der Waals surface area (Å²) in [7, 11) is -3.52. The van der Waals surface area contributed by atoms with Crippen molar-refractivity contribution in [2.75, 3.05) is 6.54 Å². The van der Waals surface area contributed by atoms with E-state index in [0.717, 1.165) is 31.2 Å². The fourth-order valence-electron chi connectivity index (χ4n) is 2.59. The predicted octanol–water partition coefficient (Wildman–Crippen LogP) is 1.92. The maximum atomic E-state index is 12.7. The van der Waals surface area contributed by atoms with Gasteiger partial charge in [-0.05, 0) is 50.3 Å². The van der Waals surface area contributed by atoms with Crippen LogP contribution in [0.3, 0.4) is 0 Å². The van der Waals surface area contributed by atoms with Gasteiger partial charge in [0.05, 0.1) is 11.4 Å². The van der Waals surface area contributed by atoms with Gasteiger partial charge in [0, 0.05) is 11.1 Å². The highest BCUT2D eigenvalue weighted by Gasteiger charge is 2.39. The van der Waals surface area contributed by atoms with Gasteiger partial charge in [-0.25, -0.2) is 13.1 Å². The third kappa shape index (κ3) is 3.46. The number of aryl methyl sites for hydroxylation is 1. The molecule has 1 aliphatic rings. The Hall–Kier alpha value is -1.35. The molecule has 5 heteroatoms. The van der Waals surface area contributed by atoms with Crippen molar-refractivity contribution >= 4 is 10.0 Å². The van der Waals surface area contributed by atoms with Gasteiger partial charge in [0.2, 0.25) is 10.0 Å². The second-order valence-corrected chi connectivity index (χ2v) is 7.23. The Bertz CT molecular complexity index is 674. The van der Waals surface area contributed by atoms with E-state index < -0.39 is 10.0 Å². The Balaban J connectivity index is 2.35. The predicted molar refractivity (Wildman–Crippen MR) is 84.3 cm³/mol. The van der Waals surface area contributed by atoms with E-state index in [9.17, 15) is 8.42 Å². The number of rotatable bonds is 4. The van der Waals surface area contributed by atoms with Gasteiger partial charge in [-0.15, -0.1) is 0 Å². The first-order valence-corrected chi connectivity index (χ1v) is 8.74. The highest BCUT2D eigenvalue weighted by Crippen LogP contribution is 2.36. The molecule has 0 unspecified atom stereocenters. The van der Waals surface area contributed by atoms with Crippen LogP contribution in [0.25, 0.3) is 0 Å². The molecule has 21 heavy (non-hydrogen) atoms. The van der Waals surface area contributed by atoms with Crippen LogP contribution in [0, 0.1) is 18.8 Å². The summed E-state index contributed by atoms with van der Waals surface area (Å²) in [5.41, 5.74) is 6.49. The lowest BCUT2D eigenvalue weighted by molar-refractivity contribution is 0.214. The molecule has 1 aromatic rings. The monoisotopic (exact) mass is 306 g/mol. The molecule has 3 N–H and O–H groups in total. The summed E-state index contributed by atoms with van der Waals surface area (Å²) in [6, 6.07) is 5.23. The molecule has 0 aromatic heterocycles. The minimum absolute atomic E-state index is 0.257. The van der Waals surface area contributed by atoms with E-state index in [0.29, 0.717) is 10.5 Å². The molecule has 114 valence electrons. The quantitative estimate of drug-likeness (QED) is 0.835. The van der Waals surface area contributed by atoms with E-state index in [1.54, 1.807) is 19.1 Å². The van der Waals surface area contributed by atoms with E-state index in [1.165, 1.54) is 0 Å². The first kappa shape index (κ1) is 16.0. The molecule has 0 saturated heterocycles. The largest absolute Gasteiger partial charge is 0.320 e. The van der Waals surface area contributed by atoms with Crippen molar-refractivity contribution in [3.63, 3.8) is 0 Å². The van der Waals surface area contributed by atoms with E-state index in [1.807, 2.05) is 13.0 Å². The lowest BCUT2D eigenvalue weighted by Gasteiger charge is -2.41. The number of nitrogens with one attached hydrogen (secondary N) is 1. The van der Waals surface area contributed by atoms with E-state index >= 15 is 0 Å². The van der Waals surface area contributed by atoms with Crippen LogP contribution in [-0.4, -0.2) is 20.5 Å². The Morgan fingerprint density at radius 3 is 2.62 bits per heavy atom. The number of sulfonamides is 1. The smallest absolute Gasteiger partial charge is 0.241 e. The summed E-state index contributed by atoms with van der Waals surface area (Å²) in [6.45, 7) is 4.08. The Morgan fingerprint density at radius 2 is 2.10 bits per heavy atom. The van der Waals surface area contributed by atoms with Crippen molar-refractivity contribution in [3.05, 3.63) is 29.3 Å². The standard InChI is InChI=1S/C16H22N2O2S/c1-3-16(9-5-10-16)18-21(19,20)15-12-14(6-4-11-17)8-7-13(15)2/h7-8,12,18H,3,5,9-11,17H2,1-2H3. The van der Waals surface area contributed by atoms with E-state index in [-0.39, 0.29) is 12.1 Å². The second-order valence-electron chi connectivity index (χ2n) is 5.58. The molecular formula is C16H22N2O2S. The maximum absolute atomic E-state index is 12.7. The maximum Gasteiger partial charge on any atom is 0.241 e. The highest BCUT2D eigenvalue weighted by molar-refractivity contribution is 7.89. The average Bonchev–Trinajstić information content (AvgIpc) is 2.42. The van der Waals surface area contributed by atoms with Gasteiger partial charge >= 0.3 is 0 Å². The van der Waals surface area contributed by atoms with E-state index in [2.05, 4.69) is 16.6 Å². The van der Waals surface area contributed by atoms with Crippen molar-refractivity contribution in [2.45, 2.75) is 50.0 Å². The van der Waals surface area contributed by atoms with Gasteiger partial charge in [-0.2, -0.15) is 0 Å². The van der Waals surface area contributed by atoms with Gasteiger partial charge in [0.1, 0.15) is 0 Å². The normalized spacial score (nSPS) is 16.7. The van der Waals surface area contributed by atoms with Crippen molar-refractivity contribution in [1.29, 1.82) is 0 Å². The topological polar surface area (TPSA) is 72.2 Å². The molecule has 0 radical (unpaired) electrons. The molecule has 1 aromatic carbocycles. The van der Waals surface area contributed by atoms with Gasteiger partial charge < -0.3 is 5.73 Å². The van der Waals surface area contributed by atoms with Crippen LogP contribution >= 0.6 is 0 Å². The summed E-state index contributed by atoms with van der Waals surface area (Å²) in [4.78, 5) is 0.311. The third-order valence-corrected chi connectivity index (χ3v) is 5.87. The number of hydrogen-bond donors (Lipinski definition) is 2. The van der Waals surface area contributed by atoms with Crippen LogP contribution < -0.4 is 10.5 Å². The lowest BCUT2D eigenvalue weighted by Crippen LogP contribution is -2.52. The Kier molecular flexibility index (Phi) is 4.72. The van der Waals surface area contributed by atoms with Crippen LogP contribution in [0.5, 0.6) is 0 Å². The average molecular weight is 306 g/mol. The van der Waals surface area contributed by atoms with Gasteiger partial charge in [0.15, 0.2) is 0 Å². The molecule has 1 aliphatic carbocycles. The molecule has 0 heterocycles. The van der Waals surface area contributed by atoms with Crippen molar-refractivity contribution in [2.24, 2.45) is 5.73 Å². The Morgan fingerprint density at radius 1 is 1.38 bits per heavy atom. The summed E-state index contributed by atoms with van der Waals surface area (Å²) in [5, 5.41) is 0. The van der Waals surface area contributed by atoms with Crippen molar-refractivity contribution < 1.29 is 8.42 Å². The molecule has 0 atom stereocenters. The molecule has 0 spiro atoms. The zero-order valence-corrected chi connectivity index (χ0v) is 13.4. The zero-order chi connectivity index (χ0) is 15.5. The first-order valence-electron chi connectivity index (χ1n) is 7.26. The third-order valence-electron chi connectivity index (χ3n) is 4.15. The summed E-state index contributed by atoms with van der Waals surface area (Å²) < 4.78 is 28.2. The van der Waals surface area contributed by atoms with Gasteiger partial charge in [-0.1, -0.05) is 24.8 Å². The number of nitrogens with two attached hydrogens (primary N) is 1. The van der Waals surface area contributed by atoms with E-state index in [4.69, 9.17) is 5.73 Å². The fraction of sp³-hybridized carbons (Fsp3) is 0.500.